The quantitative estimate of drug-likeness (QED) is 0.918. The largest absolute Gasteiger partial charge is 0.298 e. The molecule has 1 atom stereocenters. The Morgan fingerprint density at radius 2 is 2.29 bits per heavy atom. The van der Waals surface area contributed by atoms with Gasteiger partial charge in [-0.3, -0.25) is 15.0 Å². The molecule has 3 heterocycles. The Labute approximate surface area is 124 Å². The summed E-state index contributed by atoms with van der Waals surface area (Å²) in [6.07, 6.45) is 7.20. The van der Waals surface area contributed by atoms with E-state index in [9.17, 15) is 8.42 Å². The van der Waals surface area contributed by atoms with Crippen molar-refractivity contribution < 1.29 is 8.42 Å². The molecular weight excluding hydrogens is 288 g/mol. The number of aromatic amines is 1. The van der Waals surface area contributed by atoms with E-state index in [1.165, 1.54) is 18.0 Å². The second-order valence-corrected chi connectivity index (χ2v) is 7.49. The van der Waals surface area contributed by atoms with Gasteiger partial charge in [0.1, 0.15) is 4.90 Å². The van der Waals surface area contributed by atoms with E-state index in [-0.39, 0.29) is 5.92 Å². The summed E-state index contributed by atoms with van der Waals surface area (Å²) in [5.74, 6) is 0.189. The van der Waals surface area contributed by atoms with Crippen molar-refractivity contribution in [3.05, 3.63) is 42.0 Å². The first-order valence-electron chi connectivity index (χ1n) is 6.88. The third kappa shape index (κ3) is 3.14. The highest BCUT2D eigenvalue weighted by molar-refractivity contribution is 7.90. The highest BCUT2D eigenvalue weighted by atomic mass is 32.2. The van der Waals surface area contributed by atoms with Crippen LogP contribution in [0.3, 0.4) is 0 Å². The third-order valence-corrected chi connectivity index (χ3v) is 4.97. The molecule has 0 bridgehead atoms. The molecule has 112 valence electrons. The lowest BCUT2D eigenvalue weighted by Crippen LogP contribution is -2.20. The number of sulfone groups is 1. The molecule has 1 saturated heterocycles. The molecule has 0 aliphatic carbocycles. The maximum Gasteiger partial charge on any atom is 0.178 e. The molecule has 1 N–H and O–H groups in total. The molecule has 0 aromatic carbocycles. The van der Waals surface area contributed by atoms with E-state index in [1.807, 2.05) is 12.3 Å². The van der Waals surface area contributed by atoms with Crippen LogP contribution < -0.4 is 0 Å². The van der Waals surface area contributed by atoms with Gasteiger partial charge in [-0.2, -0.15) is 5.10 Å². The highest BCUT2D eigenvalue weighted by Gasteiger charge is 2.29. The molecule has 2 aromatic heterocycles. The molecule has 1 aliphatic heterocycles. The maximum atomic E-state index is 11.8. The summed E-state index contributed by atoms with van der Waals surface area (Å²) in [4.78, 5) is 6.76. The van der Waals surface area contributed by atoms with Gasteiger partial charge in [-0.25, -0.2) is 8.42 Å². The summed E-state index contributed by atoms with van der Waals surface area (Å²) in [7, 11) is -3.23. The van der Waals surface area contributed by atoms with E-state index >= 15 is 0 Å². The summed E-state index contributed by atoms with van der Waals surface area (Å²) >= 11 is 0. The van der Waals surface area contributed by atoms with Crippen molar-refractivity contribution in [1.29, 1.82) is 0 Å². The maximum absolute atomic E-state index is 11.8. The van der Waals surface area contributed by atoms with E-state index in [2.05, 4.69) is 26.1 Å². The van der Waals surface area contributed by atoms with Crippen molar-refractivity contribution in [2.75, 3.05) is 19.3 Å². The van der Waals surface area contributed by atoms with Gasteiger partial charge in [0.15, 0.2) is 9.84 Å². The Bertz CT molecular complexity index is 712. The molecule has 0 unspecified atom stereocenters. The molecule has 6 nitrogen and oxygen atoms in total. The Balaban J connectivity index is 1.72. The van der Waals surface area contributed by atoms with Crippen LogP contribution in [-0.2, 0) is 16.4 Å². The van der Waals surface area contributed by atoms with Gasteiger partial charge >= 0.3 is 0 Å². The average molecular weight is 306 g/mol. The first-order valence-corrected chi connectivity index (χ1v) is 8.78. The fourth-order valence-corrected chi connectivity index (χ4v) is 3.69. The zero-order valence-corrected chi connectivity index (χ0v) is 12.7. The molecular formula is C14H18N4O2S. The van der Waals surface area contributed by atoms with Gasteiger partial charge in [-0.1, -0.05) is 6.07 Å². The minimum absolute atomic E-state index is 0.189. The fourth-order valence-electron chi connectivity index (χ4n) is 2.83. The van der Waals surface area contributed by atoms with E-state index < -0.39 is 9.84 Å². The average Bonchev–Trinajstić information content (AvgIpc) is 3.07. The molecule has 1 fully saturated rings. The monoisotopic (exact) mass is 306 g/mol. The smallest absolute Gasteiger partial charge is 0.178 e. The predicted molar refractivity (Wildman–Crippen MR) is 78.6 cm³/mol. The summed E-state index contributed by atoms with van der Waals surface area (Å²) in [5, 5.41) is 6.78. The summed E-state index contributed by atoms with van der Waals surface area (Å²) in [6, 6.07) is 3.98. The topological polar surface area (TPSA) is 79.0 Å². The lowest BCUT2D eigenvalue weighted by molar-refractivity contribution is 0.325. The molecule has 1 aliphatic rings. The predicted octanol–water partition coefficient (Wildman–Crippen LogP) is 1.20. The number of nitrogens with one attached hydrogen (secondary N) is 1. The van der Waals surface area contributed by atoms with Crippen molar-refractivity contribution in [3.63, 3.8) is 0 Å². The van der Waals surface area contributed by atoms with Gasteiger partial charge in [-0.15, -0.1) is 0 Å². The minimum atomic E-state index is -3.23. The fraction of sp³-hybridized carbons (Fsp3) is 0.429. The number of hydrogen-bond donors (Lipinski definition) is 1. The van der Waals surface area contributed by atoms with Crippen LogP contribution in [0.25, 0.3) is 0 Å². The number of aromatic nitrogens is 3. The lowest BCUT2D eigenvalue weighted by Gasteiger charge is -2.15. The zero-order valence-electron chi connectivity index (χ0n) is 11.9. The van der Waals surface area contributed by atoms with Gasteiger partial charge in [0.25, 0.3) is 0 Å². The minimum Gasteiger partial charge on any atom is -0.298 e. The number of likely N-dealkylation sites (tertiary alicyclic amines) is 1. The molecule has 0 spiro atoms. The summed E-state index contributed by atoms with van der Waals surface area (Å²) in [6.45, 7) is 2.62. The first-order chi connectivity index (χ1) is 10.0. The van der Waals surface area contributed by atoms with Gasteiger partial charge in [0, 0.05) is 37.7 Å². The third-order valence-electron chi connectivity index (χ3n) is 3.84. The van der Waals surface area contributed by atoms with Crippen molar-refractivity contribution in [2.24, 2.45) is 0 Å². The van der Waals surface area contributed by atoms with Gasteiger partial charge in [0.2, 0.25) is 0 Å². The van der Waals surface area contributed by atoms with Crippen LogP contribution in [0.1, 0.15) is 23.6 Å². The van der Waals surface area contributed by atoms with Crippen LogP contribution in [0.2, 0.25) is 0 Å². The Morgan fingerprint density at radius 3 is 3.00 bits per heavy atom. The summed E-state index contributed by atoms with van der Waals surface area (Å²) in [5.41, 5.74) is 1.91. The van der Waals surface area contributed by atoms with E-state index in [4.69, 9.17) is 0 Å². The Morgan fingerprint density at radius 1 is 1.43 bits per heavy atom. The van der Waals surface area contributed by atoms with Crippen LogP contribution in [0.4, 0.5) is 0 Å². The van der Waals surface area contributed by atoms with Crippen molar-refractivity contribution in [1.82, 2.24) is 20.1 Å². The van der Waals surface area contributed by atoms with Gasteiger partial charge < -0.3 is 0 Å². The molecule has 21 heavy (non-hydrogen) atoms. The SMILES string of the molecule is CS(=O)(=O)c1cn[nH]c1[C@@H]1CCN(Cc2cccnc2)C1. The molecule has 2 aromatic rings. The van der Waals surface area contributed by atoms with Crippen LogP contribution >= 0.6 is 0 Å². The van der Waals surface area contributed by atoms with Gasteiger partial charge in [-0.05, 0) is 24.6 Å². The van der Waals surface area contributed by atoms with Crippen molar-refractivity contribution in [2.45, 2.75) is 23.8 Å². The second kappa shape index (κ2) is 5.57. The van der Waals surface area contributed by atoms with E-state index in [1.54, 1.807) is 6.20 Å². The van der Waals surface area contributed by atoms with Crippen LogP contribution in [-0.4, -0.2) is 47.8 Å². The number of hydrogen-bond acceptors (Lipinski definition) is 5. The number of rotatable bonds is 4. The van der Waals surface area contributed by atoms with Crippen molar-refractivity contribution >= 4 is 9.84 Å². The van der Waals surface area contributed by atoms with Crippen molar-refractivity contribution in [3.8, 4) is 0 Å². The second-order valence-electron chi connectivity index (χ2n) is 5.50. The summed E-state index contributed by atoms with van der Waals surface area (Å²) < 4.78 is 23.5. The highest BCUT2D eigenvalue weighted by Crippen LogP contribution is 2.30. The molecule has 0 radical (unpaired) electrons. The Kier molecular flexibility index (Phi) is 3.77. The number of nitrogens with zero attached hydrogens (tertiary/aromatic N) is 3. The lowest BCUT2D eigenvalue weighted by atomic mass is 10.1. The molecule has 0 saturated carbocycles. The number of pyridine rings is 1. The van der Waals surface area contributed by atoms with Crippen LogP contribution in [0.5, 0.6) is 0 Å². The zero-order chi connectivity index (χ0) is 14.9. The standard InChI is InChI=1S/C14H18N4O2S/c1-21(19,20)13-8-16-17-14(13)12-4-6-18(10-12)9-11-3-2-5-15-7-11/h2-3,5,7-8,12H,4,6,9-10H2,1H3,(H,16,17)/t12-/m1/s1. The Hall–Kier alpha value is -1.73. The van der Waals surface area contributed by atoms with E-state index in [0.29, 0.717) is 4.90 Å². The van der Waals surface area contributed by atoms with Crippen LogP contribution in [0, 0.1) is 0 Å². The van der Waals surface area contributed by atoms with Crippen LogP contribution in [0.15, 0.2) is 35.6 Å². The molecule has 7 heteroatoms. The molecule has 0 amide bonds. The van der Waals surface area contributed by atoms with Gasteiger partial charge in [0.05, 0.1) is 11.9 Å². The number of H-pyrrole nitrogens is 1. The van der Waals surface area contributed by atoms with E-state index in [0.717, 1.165) is 31.7 Å². The normalized spacial score (nSPS) is 20.0. The first kappa shape index (κ1) is 14.2. The molecule has 3 rings (SSSR count).